The number of hydrogen-bond donors (Lipinski definition) is 2. The second-order valence-corrected chi connectivity index (χ2v) is 7.19. The number of aryl methyl sites for hydroxylation is 1. The van der Waals surface area contributed by atoms with Gasteiger partial charge in [-0.15, -0.1) is 10.2 Å². The van der Waals surface area contributed by atoms with Crippen LogP contribution < -0.4 is 5.56 Å². The molecule has 0 amide bonds. The van der Waals surface area contributed by atoms with Crippen LogP contribution in [0.5, 0.6) is 0 Å². The largest absolute Gasteiger partial charge is 0.478 e. The number of aromatic amines is 1. The number of H-pyrrole nitrogens is 1. The van der Waals surface area contributed by atoms with Crippen molar-refractivity contribution < 1.29 is 9.90 Å². The molecular weight excluding hydrogens is 394 g/mol. The number of rotatable bonds is 7. The lowest BCUT2D eigenvalue weighted by molar-refractivity contribution is 0.0696. The summed E-state index contributed by atoms with van der Waals surface area (Å²) in [6, 6.07) is 18.5. The number of hydrogen-bond acceptors (Lipinski definition) is 5. The van der Waals surface area contributed by atoms with E-state index in [0.29, 0.717) is 18.8 Å². The molecule has 4 rings (SSSR count). The van der Waals surface area contributed by atoms with E-state index in [-0.39, 0.29) is 11.1 Å². The van der Waals surface area contributed by atoms with Crippen molar-refractivity contribution in [3.8, 4) is 22.5 Å². The van der Waals surface area contributed by atoms with Crippen molar-refractivity contribution in [1.82, 2.24) is 25.2 Å². The standard InChI is InChI=1S/C23H21N5O3/c1-2-5-18-12-17(23(30)31)13-21(29)28(18)14-15-8-10-16(11-9-15)19-6-3-4-7-20(19)22-24-26-27-25-22/h3-4,6-13H,2,5,14H2,1H3,(H,30,31)(H,24,25,26,27). The molecule has 0 fully saturated rings. The Bertz CT molecular complexity index is 1260. The second-order valence-electron chi connectivity index (χ2n) is 7.19. The smallest absolute Gasteiger partial charge is 0.335 e. The molecule has 0 atom stereocenters. The summed E-state index contributed by atoms with van der Waals surface area (Å²) in [6.45, 7) is 2.37. The molecule has 0 saturated carbocycles. The average Bonchev–Trinajstić information content (AvgIpc) is 3.31. The fraction of sp³-hybridized carbons (Fsp3) is 0.174. The number of carboxylic acids is 1. The number of aromatic carboxylic acids is 1. The van der Waals surface area contributed by atoms with E-state index >= 15 is 0 Å². The van der Waals surface area contributed by atoms with Crippen LogP contribution in [-0.4, -0.2) is 36.3 Å². The predicted octanol–water partition coefficient (Wildman–Crippen LogP) is 3.39. The molecule has 8 heteroatoms. The lowest BCUT2D eigenvalue weighted by Gasteiger charge is -2.14. The molecule has 2 heterocycles. The van der Waals surface area contributed by atoms with Gasteiger partial charge in [-0.2, -0.15) is 5.21 Å². The number of pyridine rings is 1. The first-order chi connectivity index (χ1) is 15.1. The molecular formula is C23H21N5O3. The summed E-state index contributed by atoms with van der Waals surface area (Å²) in [5, 5.41) is 23.5. The SMILES string of the molecule is CCCc1cc(C(=O)O)cc(=O)n1Cc1ccc(-c2ccccc2-c2nn[nH]n2)cc1. The topological polar surface area (TPSA) is 114 Å². The number of carbonyl (C=O) groups is 1. The summed E-state index contributed by atoms with van der Waals surface area (Å²) in [5.41, 5.74) is 4.22. The van der Waals surface area contributed by atoms with Crippen molar-refractivity contribution in [2.24, 2.45) is 0 Å². The zero-order chi connectivity index (χ0) is 21.8. The summed E-state index contributed by atoms with van der Waals surface area (Å²) in [5.74, 6) is -0.569. The maximum absolute atomic E-state index is 12.6. The minimum atomic E-state index is -1.09. The van der Waals surface area contributed by atoms with Crippen molar-refractivity contribution in [1.29, 1.82) is 0 Å². The third-order valence-electron chi connectivity index (χ3n) is 5.09. The molecule has 2 aromatic carbocycles. The fourth-order valence-electron chi connectivity index (χ4n) is 3.60. The zero-order valence-corrected chi connectivity index (χ0v) is 16.9. The van der Waals surface area contributed by atoms with Crippen LogP contribution in [-0.2, 0) is 13.0 Å². The monoisotopic (exact) mass is 415 g/mol. The highest BCUT2D eigenvalue weighted by atomic mass is 16.4. The Morgan fingerprint density at radius 3 is 2.45 bits per heavy atom. The van der Waals surface area contributed by atoms with Gasteiger partial charge in [0.1, 0.15) is 0 Å². The van der Waals surface area contributed by atoms with E-state index in [9.17, 15) is 14.7 Å². The van der Waals surface area contributed by atoms with E-state index in [4.69, 9.17) is 0 Å². The normalized spacial score (nSPS) is 10.9. The van der Waals surface area contributed by atoms with Gasteiger partial charge in [0, 0.05) is 17.3 Å². The molecule has 0 aliphatic carbocycles. The first-order valence-corrected chi connectivity index (χ1v) is 9.96. The van der Waals surface area contributed by atoms with Gasteiger partial charge in [0.2, 0.25) is 5.82 Å². The Labute approximate surface area is 178 Å². The number of tetrazole rings is 1. The molecule has 0 aliphatic rings. The Morgan fingerprint density at radius 1 is 1.06 bits per heavy atom. The van der Waals surface area contributed by atoms with Crippen LogP contribution in [0.25, 0.3) is 22.5 Å². The Kier molecular flexibility index (Phi) is 5.70. The molecule has 0 aliphatic heterocycles. The maximum atomic E-state index is 12.6. The summed E-state index contributed by atoms with van der Waals surface area (Å²) < 4.78 is 1.64. The number of nitrogens with one attached hydrogen (secondary N) is 1. The summed E-state index contributed by atoms with van der Waals surface area (Å²) >= 11 is 0. The van der Waals surface area contributed by atoms with E-state index in [2.05, 4.69) is 20.6 Å². The Morgan fingerprint density at radius 2 is 1.81 bits per heavy atom. The number of nitrogens with zero attached hydrogens (tertiary/aromatic N) is 4. The quantitative estimate of drug-likeness (QED) is 0.478. The minimum Gasteiger partial charge on any atom is -0.478 e. The Hall–Kier alpha value is -4.07. The van der Waals surface area contributed by atoms with Crippen molar-refractivity contribution >= 4 is 5.97 Å². The van der Waals surface area contributed by atoms with Gasteiger partial charge in [0.05, 0.1) is 12.1 Å². The van der Waals surface area contributed by atoms with Crippen molar-refractivity contribution in [2.45, 2.75) is 26.3 Å². The fourth-order valence-corrected chi connectivity index (χ4v) is 3.60. The van der Waals surface area contributed by atoms with Gasteiger partial charge in [-0.05, 0) is 34.4 Å². The number of aromatic nitrogens is 5. The summed E-state index contributed by atoms with van der Waals surface area (Å²) in [4.78, 5) is 23.9. The summed E-state index contributed by atoms with van der Waals surface area (Å²) in [7, 11) is 0. The second kappa shape index (κ2) is 8.74. The first-order valence-electron chi connectivity index (χ1n) is 9.96. The lowest BCUT2D eigenvalue weighted by atomic mass is 9.98. The zero-order valence-electron chi connectivity index (χ0n) is 16.9. The van der Waals surface area contributed by atoms with E-state index in [1.807, 2.05) is 55.5 Å². The highest BCUT2D eigenvalue weighted by Crippen LogP contribution is 2.29. The predicted molar refractivity (Wildman–Crippen MR) is 116 cm³/mol. The van der Waals surface area contributed by atoms with Gasteiger partial charge in [0.15, 0.2) is 0 Å². The van der Waals surface area contributed by atoms with E-state index < -0.39 is 5.97 Å². The first kappa shape index (κ1) is 20.2. The third-order valence-corrected chi connectivity index (χ3v) is 5.09. The minimum absolute atomic E-state index is 0.0260. The van der Waals surface area contributed by atoms with Crippen molar-refractivity contribution in [3.05, 3.63) is 87.8 Å². The van der Waals surface area contributed by atoms with E-state index in [1.54, 1.807) is 10.6 Å². The van der Waals surface area contributed by atoms with Crippen LogP contribution >= 0.6 is 0 Å². The molecule has 2 aromatic heterocycles. The van der Waals surface area contributed by atoms with E-state index in [0.717, 1.165) is 34.4 Å². The van der Waals surface area contributed by atoms with Crippen LogP contribution in [0.2, 0.25) is 0 Å². The number of carboxylic acid groups (broad SMARTS) is 1. The molecule has 0 radical (unpaired) electrons. The van der Waals surface area contributed by atoms with Crippen molar-refractivity contribution in [3.63, 3.8) is 0 Å². The van der Waals surface area contributed by atoms with Crippen LogP contribution in [0.1, 0.15) is 35.0 Å². The number of benzene rings is 2. The van der Waals surface area contributed by atoms with Gasteiger partial charge < -0.3 is 9.67 Å². The van der Waals surface area contributed by atoms with Gasteiger partial charge >= 0.3 is 5.97 Å². The Balaban J connectivity index is 1.65. The molecule has 0 saturated heterocycles. The molecule has 0 unspecified atom stereocenters. The molecule has 2 N–H and O–H groups in total. The van der Waals surface area contributed by atoms with E-state index in [1.165, 1.54) is 6.07 Å². The third kappa shape index (κ3) is 4.28. The van der Waals surface area contributed by atoms with Gasteiger partial charge in [-0.3, -0.25) is 4.79 Å². The summed E-state index contributed by atoms with van der Waals surface area (Å²) in [6.07, 6.45) is 1.45. The highest BCUT2D eigenvalue weighted by Gasteiger charge is 2.13. The average molecular weight is 415 g/mol. The molecule has 4 aromatic rings. The van der Waals surface area contributed by atoms with Gasteiger partial charge in [0.25, 0.3) is 5.56 Å². The molecule has 156 valence electrons. The molecule has 31 heavy (non-hydrogen) atoms. The molecule has 0 spiro atoms. The molecule has 8 nitrogen and oxygen atoms in total. The maximum Gasteiger partial charge on any atom is 0.335 e. The van der Waals surface area contributed by atoms with Crippen LogP contribution in [0.3, 0.4) is 0 Å². The van der Waals surface area contributed by atoms with Crippen molar-refractivity contribution in [2.75, 3.05) is 0 Å². The van der Waals surface area contributed by atoms with Crippen LogP contribution in [0.15, 0.2) is 65.5 Å². The lowest BCUT2D eigenvalue weighted by Crippen LogP contribution is -2.25. The van der Waals surface area contributed by atoms with Crippen LogP contribution in [0.4, 0.5) is 0 Å². The van der Waals surface area contributed by atoms with Crippen LogP contribution in [0, 0.1) is 0 Å². The van der Waals surface area contributed by atoms with Gasteiger partial charge in [-0.25, -0.2) is 4.79 Å². The van der Waals surface area contributed by atoms with Gasteiger partial charge in [-0.1, -0.05) is 61.9 Å². The highest BCUT2D eigenvalue weighted by molar-refractivity contribution is 5.87. The molecule has 0 bridgehead atoms.